The number of rotatable bonds is 27. The van der Waals surface area contributed by atoms with Gasteiger partial charge in [-0.15, -0.1) is 0 Å². The highest BCUT2D eigenvalue weighted by Gasteiger charge is 2.49. The Morgan fingerprint density at radius 1 is 0.860 bits per heavy atom. The summed E-state index contributed by atoms with van der Waals surface area (Å²) in [6, 6.07) is 6.07. The fourth-order valence-electron chi connectivity index (χ4n) is 5.49. The van der Waals surface area contributed by atoms with Crippen LogP contribution in [0.4, 0.5) is 0 Å². The van der Waals surface area contributed by atoms with Gasteiger partial charge in [-0.1, -0.05) is 83.1 Å². The minimum Gasteiger partial charge on any atom is -0.494 e. The molecule has 284 valence electrons. The van der Waals surface area contributed by atoms with Crippen LogP contribution in [0.3, 0.4) is 0 Å². The van der Waals surface area contributed by atoms with Crippen LogP contribution < -0.4 is 10.1 Å². The number of hydrogen-bond donors (Lipinski definition) is 3. The van der Waals surface area contributed by atoms with E-state index in [-0.39, 0.29) is 6.42 Å². The number of aliphatic hydroxyl groups excluding tert-OH is 1. The van der Waals surface area contributed by atoms with E-state index in [1.54, 1.807) is 51.1 Å². The fourth-order valence-corrected chi connectivity index (χ4v) is 5.49. The third kappa shape index (κ3) is 18.1. The molecule has 0 aromatic heterocycles. The summed E-state index contributed by atoms with van der Waals surface area (Å²) >= 11 is 0. The lowest BCUT2D eigenvalue weighted by Crippen LogP contribution is -2.56. The van der Waals surface area contributed by atoms with Crippen LogP contribution in [0.25, 0.3) is 0 Å². The summed E-state index contributed by atoms with van der Waals surface area (Å²) in [5, 5.41) is 24.2. The van der Waals surface area contributed by atoms with Crippen molar-refractivity contribution in [1.82, 2.24) is 5.32 Å². The fraction of sp³-hybridized carbons (Fsp3) is 0.700. The zero-order valence-corrected chi connectivity index (χ0v) is 31.6. The van der Waals surface area contributed by atoms with E-state index in [4.69, 9.17) is 14.2 Å². The maximum atomic E-state index is 13.9. The maximum Gasteiger partial charge on any atom is 0.339 e. The number of nitrogens with one attached hydrogen (secondary N) is 1. The smallest absolute Gasteiger partial charge is 0.339 e. The van der Waals surface area contributed by atoms with E-state index < -0.39 is 54.0 Å². The minimum absolute atomic E-state index is 0.0936. The monoisotopic (exact) mass is 703 g/mol. The molecule has 0 saturated heterocycles. The predicted octanol–water partition coefficient (Wildman–Crippen LogP) is 6.96. The van der Waals surface area contributed by atoms with Gasteiger partial charge in [0.05, 0.1) is 19.6 Å². The first-order valence-corrected chi connectivity index (χ1v) is 18.7. The molecule has 10 nitrogen and oxygen atoms in total. The van der Waals surface area contributed by atoms with E-state index in [1.807, 2.05) is 0 Å². The molecule has 0 spiro atoms. The van der Waals surface area contributed by atoms with Crippen molar-refractivity contribution in [1.29, 1.82) is 0 Å². The third-order valence-corrected chi connectivity index (χ3v) is 8.44. The molecule has 0 radical (unpaired) electrons. The molecule has 0 heterocycles. The summed E-state index contributed by atoms with van der Waals surface area (Å²) in [5.41, 5.74) is -2.64. The Bertz CT molecular complexity index is 1160. The van der Waals surface area contributed by atoms with Crippen molar-refractivity contribution < 1.29 is 43.6 Å². The summed E-state index contributed by atoms with van der Waals surface area (Å²) in [5.74, 6) is -2.99. The molecule has 3 N–H and O–H groups in total. The average Bonchev–Trinajstić information content (AvgIpc) is 3.06. The van der Waals surface area contributed by atoms with Crippen LogP contribution in [0.2, 0.25) is 0 Å². The number of ketones is 1. The second-order valence-electron chi connectivity index (χ2n) is 14.1. The molecular formula is C40H65NO9. The van der Waals surface area contributed by atoms with Crippen molar-refractivity contribution in [2.24, 2.45) is 5.92 Å². The Hall–Kier alpha value is -3.24. The van der Waals surface area contributed by atoms with Crippen molar-refractivity contribution in [2.45, 2.75) is 155 Å². The van der Waals surface area contributed by atoms with Gasteiger partial charge in [0.1, 0.15) is 23.2 Å². The predicted molar refractivity (Wildman–Crippen MR) is 196 cm³/mol. The number of aliphatic hydroxyl groups is 2. The molecule has 0 aliphatic rings. The van der Waals surface area contributed by atoms with E-state index in [1.165, 1.54) is 32.4 Å². The maximum absolute atomic E-state index is 13.9. The molecule has 0 saturated carbocycles. The zero-order chi connectivity index (χ0) is 37.4. The summed E-state index contributed by atoms with van der Waals surface area (Å²) in [6.07, 6.45) is 15.6. The molecule has 1 rings (SSSR count). The largest absolute Gasteiger partial charge is 0.494 e. The van der Waals surface area contributed by atoms with Crippen molar-refractivity contribution >= 4 is 23.6 Å². The molecular weight excluding hydrogens is 638 g/mol. The molecule has 2 unspecified atom stereocenters. The Morgan fingerprint density at radius 3 is 2.02 bits per heavy atom. The standard InChI is InChI=1S/C40H65NO9/c1-7-9-11-14-17-20-32(43)21-18-15-12-13-16-19-22-34(40(47,27-28-42)38(46)50-39(3,4)5)36(44)41-35(37(45)48-6)30-31-23-25-33(26-24-31)49-29-10-8-2/h19,22-26,34-35,42,47H,7-18,20-21,27-30H2,1-6H3,(H,41,44)/t34?,35-,40?/m0/s1. The highest BCUT2D eigenvalue weighted by molar-refractivity contribution is 5.93. The average molecular weight is 704 g/mol. The Morgan fingerprint density at radius 2 is 1.46 bits per heavy atom. The lowest BCUT2D eigenvalue weighted by molar-refractivity contribution is -0.185. The number of methoxy groups -OCH3 is 1. The van der Waals surface area contributed by atoms with Crippen molar-refractivity contribution in [3.63, 3.8) is 0 Å². The van der Waals surface area contributed by atoms with Crippen molar-refractivity contribution in [3.8, 4) is 5.75 Å². The highest BCUT2D eigenvalue weighted by Crippen LogP contribution is 2.29. The van der Waals surface area contributed by atoms with Gasteiger partial charge in [-0.2, -0.15) is 0 Å². The number of benzene rings is 1. The first-order chi connectivity index (χ1) is 23.8. The number of Topliss-reactive ketones (excluding diaryl/α,β-unsaturated/α-hetero) is 1. The number of amides is 1. The van der Waals surface area contributed by atoms with Gasteiger partial charge in [0, 0.05) is 32.3 Å². The number of allylic oxidation sites excluding steroid dienone is 1. The number of ether oxygens (including phenoxy) is 3. The summed E-state index contributed by atoms with van der Waals surface area (Å²) in [7, 11) is 1.22. The van der Waals surface area contributed by atoms with E-state index in [9.17, 15) is 29.4 Å². The first-order valence-electron chi connectivity index (χ1n) is 18.7. The molecule has 10 heteroatoms. The quantitative estimate of drug-likeness (QED) is 0.0502. The van der Waals surface area contributed by atoms with Crippen LogP contribution in [-0.4, -0.2) is 71.4 Å². The molecule has 3 atom stereocenters. The molecule has 1 amide bonds. The SMILES string of the molecule is CCCCCCCC(=O)CCCCCCC=CC(C(=O)N[C@@H](Cc1ccc(OCCCC)cc1)C(=O)OC)C(O)(CCO)C(=O)OC(C)(C)C. The molecule has 50 heavy (non-hydrogen) atoms. The van der Waals surface area contributed by atoms with Crippen LogP contribution in [0, 0.1) is 5.92 Å². The second kappa shape index (κ2) is 24.8. The van der Waals surface area contributed by atoms with Gasteiger partial charge in [0.15, 0.2) is 5.60 Å². The van der Waals surface area contributed by atoms with E-state index >= 15 is 0 Å². The second-order valence-corrected chi connectivity index (χ2v) is 14.1. The Labute approximate surface area is 300 Å². The summed E-state index contributed by atoms with van der Waals surface area (Å²) < 4.78 is 16.2. The minimum atomic E-state index is -2.41. The van der Waals surface area contributed by atoms with Gasteiger partial charge >= 0.3 is 11.9 Å². The van der Waals surface area contributed by atoms with Crippen LogP contribution in [0.15, 0.2) is 36.4 Å². The number of esters is 2. The van der Waals surface area contributed by atoms with Gasteiger partial charge < -0.3 is 29.7 Å². The van der Waals surface area contributed by atoms with Crippen LogP contribution in [0.1, 0.15) is 136 Å². The van der Waals surface area contributed by atoms with E-state index in [0.717, 1.165) is 56.9 Å². The van der Waals surface area contributed by atoms with Gasteiger partial charge in [-0.05, 0) is 70.6 Å². The summed E-state index contributed by atoms with van der Waals surface area (Å²) in [4.78, 5) is 52.2. The zero-order valence-electron chi connectivity index (χ0n) is 31.6. The van der Waals surface area contributed by atoms with Crippen LogP contribution >= 0.6 is 0 Å². The van der Waals surface area contributed by atoms with Gasteiger partial charge in [-0.25, -0.2) is 9.59 Å². The molecule has 0 bridgehead atoms. The summed E-state index contributed by atoms with van der Waals surface area (Å²) in [6.45, 7) is 9.19. The topological polar surface area (TPSA) is 148 Å². The molecule has 1 aromatic rings. The first kappa shape index (κ1) is 44.8. The third-order valence-electron chi connectivity index (χ3n) is 8.44. The number of hydrogen-bond acceptors (Lipinski definition) is 9. The molecule has 0 fully saturated rings. The lowest BCUT2D eigenvalue weighted by atomic mass is 9.82. The Kier molecular flexibility index (Phi) is 22.2. The normalized spacial score (nSPS) is 14.1. The Balaban J connectivity index is 3.02. The lowest BCUT2D eigenvalue weighted by Gasteiger charge is -2.34. The molecule has 0 aliphatic heterocycles. The van der Waals surface area contributed by atoms with Gasteiger partial charge in [0.2, 0.25) is 5.91 Å². The number of carbonyl (C=O) groups is 4. The van der Waals surface area contributed by atoms with Gasteiger partial charge in [0.25, 0.3) is 0 Å². The number of carbonyl (C=O) groups excluding carboxylic acids is 4. The highest BCUT2D eigenvalue weighted by atomic mass is 16.6. The van der Waals surface area contributed by atoms with E-state index in [2.05, 4.69) is 19.2 Å². The molecule has 1 aromatic carbocycles. The van der Waals surface area contributed by atoms with Crippen LogP contribution in [0.5, 0.6) is 5.75 Å². The van der Waals surface area contributed by atoms with Gasteiger partial charge in [-0.3, -0.25) is 9.59 Å². The van der Waals surface area contributed by atoms with E-state index in [0.29, 0.717) is 37.4 Å². The van der Waals surface area contributed by atoms with Crippen LogP contribution in [-0.2, 0) is 35.1 Å². The van der Waals surface area contributed by atoms with Crippen molar-refractivity contribution in [2.75, 3.05) is 20.3 Å². The van der Waals surface area contributed by atoms with Crippen molar-refractivity contribution in [3.05, 3.63) is 42.0 Å². The molecule has 0 aliphatic carbocycles. The number of unbranched alkanes of at least 4 members (excludes halogenated alkanes) is 9.